The molecule has 0 spiro atoms. The molecule has 0 bridgehead atoms. The highest BCUT2D eigenvalue weighted by atomic mass is 32.1. The first-order valence-electron chi connectivity index (χ1n) is 13.3. The van der Waals surface area contributed by atoms with Gasteiger partial charge in [-0.3, -0.25) is 0 Å². The monoisotopic (exact) mass is 534 g/mol. The highest BCUT2D eigenvalue weighted by molar-refractivity contribution is 7.81. The Morgan fingerprint density at radius 1 is 0.559 bits per heavy atom. The summed E-state index contributed by atoms with van der Waals surface area (Å²) in [7, 11) is 0. The third kappa shape index (κ3) is 9.37. The normalized spacial score (nSPS) is 15.1. The summed E-state index contributed by atoms with van der Waals surface area (Å²) >= 11 is 18.9. The van der Waals surface area contributed by atoms with Crippen molar-refractivity contribution in [3.8, 4) is 0 Å². The van der Waals surface area contributed by atoms with Gasteiger partial charge in [-0.1, -0.05) is 99.2 Å². The fourth-order valence-electron chi connectivity index (χ4n) is 5.51. The maximum absolute atomic E-state index is 5.46. The van der Waals surface area contributed by atoms with Crippen LogP contribution in [0.3, 0.4) is 0 Å². The van der Waals surface area contributed by atoms with Crippen molar-refractivity contribution < 1.29 is 0 Å². The second-order valence-corrected chi connectivity index (χ2v) is 11.5. The lowest BCUT2D eigenvalue weighted by molar-refractivity contribution is 0.272. The fourth-order valence-corrected chi connectivity index (χ4v) is 6.78. The first-order valence-corrected chi connectivity index (χ1v) is 15.7. The largest absolute Gasteiger partial charge is 0.179 e. The molecular formula is C30H46S4. The molecule has 0 aliphatic rings. The van der Waals surface area contributed by atoms with E-state index in [1.807, 2.05) is 0 Å². The number of unbranched alkanes of at least 4 members (excludes halogenated alkanes) is 6. The molecule has 0 saturated heterocycles. The molecule has 0 aromatic heterocycles. The third-order valence-corrected chi connectivity index (χ3v) is 8.93. The van der Waals surface area contributed by atoms with E-state index >= 15 is 0 Å². The molecule has 3 unspecified atom stereocenters. The van der Waals surface area contributed by atoms with Crippen LogP contribution < -0.4 is 0 Å². The zero-order chi connectivity index (χ0) is 24.5. The zero-order valence-corrected chi connectivity index (χ0v) is 24.4. The Bertz CT molecular complexity index is 736. The van der Waals surface area contributed by atoms with Crippen LogP contribution in [0.2, 0.25) is 0 Å². The van der Waals surface area contributed by atoms with Gasteiger partial charge in [-0.05, 0) is 72.8 Å². The molecule has 0 radical (unpaired) electrons. The van der Waals surface area contributed by atoms with Crippen molar-refractivity contribution >= 4 is 50.5 Å². The van der Waals surface area contributed by atoms with E-state index in [9.17, 15) is 0 Å². The van der Waals surface area contributed by atoms with Crippen LogP contribution in [-0.4, -0.2) is 22.5 Å². The van der Waals surface area contributed by atoms with E-state index in [-0.39, 0.29) is 5.41 Å². The van der Waals surface area contributed by atoms with Crippen LogP contribution in [0.1, 0.15) is 94.1 Å². The summed E-state index contributed by atoms with van der Waals surface area (Å²) < 4.78 is 0. The van der Waals surface area contributed by atoms with Crippen LogP contribution in [0.15, 0.2) is 60.7 Å². The van der Waals surface area contributed by atoms with Gasteiger partial charge in [0.05, 0.1) is 0 Å². The Balaban J connectivity index is 2.45. The molecule has 0 heterocycles. The van der Waals surface area contributed by atoms with Gasteiger partial charge in [0.25, 0.3) is 0 Å². The molecule has 0 aliphatic carbocycles. The van der Waals surface area contributed by atoms with Crippen molar-refractivity contribution in [2.45, 2.75) is 93.6 Å². The van der Waals surface area contributed by atoms with Gasteiger partial charge in [0.15, 0.2) is 0 Å². The van der Waals surface area contributed by atoms with Gasteiger partial charge in [0, 0.05) is 10.7 Å². The summed E-state index contributed by atoms with van der Waals surface area (Å²) in [6.45, 7) is 0. The van der Waals surface area contributed by atoms with Crippen LogP contribution in [-0.2, 0) is 5.41 Å². The SMILES string of the molecule is SCCCCCCC(S)C(CCCCCCS)(c1ccccc1)C(CCCS)c1ccccc1. The maximum Gasteiger partial charge on any atom is 0.0138 e. The maximum atomic E-state index is 5.46. The first-order chi connectivity index (χ1) is 16.7. The predicted molar refractivity (Wildman–Crippen MR) is 167 cm³/mol. The van der Waals surface area contributed by atoms with Crippen molar-refractivity contribution in [1.82, 2.24) is 0 Å². The molecule has 0 fully saturated rings. The van der Waals surface area contributed by atoms with Crippen molar-refractivity contribution in [2.24, 2.45) is 0 Å². The van der Waals surface area contributed by atoms with Gasteiger partial charge in [-0.2, -0.15) is 50.5 Å². The van der Waals surface area contributed by atoms with Crippen LogP contribution >= 0.6 is 50.5 Å². The van der Waals surface area contributed by atoms with E-state index < -0.39 is 0 Å². The number of rotatable bonds is 19. The predicted octanol–water partition coefficient (Wildman–Crippen LogP) is 9.48. The molecule has 0 saturated carbocycles. The molecule has 0 N–H and O–H groups in total. The molecular weight excluding hydrogens is 489 g/mol. The average molecular weight is 535 g/mol. The smallest absolute Gasteiger partial charge is 0.0138 e. The highest BCUT2D eigenvalue weighted by Gasteiger charge is 2.44. The van der Waals surface area contributed by atoms with E-state index in [0.717, 1.165) is 36.5 Å². The van der Waals surface area contributed by atoms with Crippen molar-refractivity contribution in [3.05, 3.63) is 71.8 Å². The quantitative estimate of drug-likeness (QED) is 0.100. The lowest BCUT2D eigenvalue weighted by atomic mass is 9.60. The lowest BCUT2D eigenvalue weighted by Gasteiger charge is -2.47. The highest BCUT2D eigenvalue weighted by Crippen LogP contribution is 2.51. The lowest BCUT2D eigenvalue weighted by Crippen LogP contribution is -2.43. The Labute approximate surface area is 232 Å². The Morgan fingerprint density at radius 2 is 1.09 bits per heavy atom. The van der Waals surface area contributed by atoms with Crippen LogP contribution in [0.4, 0.5) is 0 Å². The molecule has 2 aromatic rings. The Kier molecular flexibility index (Phi) is 16.0. The molecule has 0 nitrogen and oxygen atoms in total. The summed E-state index contributed by atoms with van der Waals surface area (Å²) in [5.74, 6) is 3.34. The average Bonchev–Trinajstić information content (AvgIpc) is 2.88. The van der Waals surface area contributed by atoms with E-state index in [0.29, 0.717) is 11.2 Å². The number of hydrogen-bond acceptors (Lipinski definition) is 4. The van der Waals surface area contributed by atoms with E-state index in [2.05, 4.69) is 98.6 Å². The molecule has 0 amide bonds. The number of benzene rings is 2. The Hall–Kier alpha value is -0.160. The minimum atomic E-state index is 0.0131. The van der Waals surface area contributed by atoms with Crippen LogP contribution in [0, 0.1) is 0 Å². The number of thiol groups is 4. The minimum absolute atomic E-state index is 0.0131. The van der Waals surface area contributed by atoms with Crippen LogP contribution in [0.5, 0.6) is 0 Å². The molecule has 3 atom stereocenters. The van der Waals surface area contributed by atoms with Gasteiger partial charge in [0.1, 0.15) is 0 Å². The Morgan fingerprint density at radius 3 is 1.68 bits per heavy atom. The fraction of sp³-hybridized carbons (Fsp3) is 0.600. The van der Waals surface area contributed by atoms with Crippen molar-refractivity contribution in [1.29, 1.82) is 0 Å². The van der Waals surface area contributed by atoms with Gasteiger partial charge < -0.3 is 0 Å². The second kappa shape index (κ2) is 18.1. The number of hydrogen-bond donors (Lipinski definition) is 4. The summed E-state index contributed by atoms with van der Waals surface area (Å²) in [5.41, 5.74) is 2.93. The minimum Gasteiger partial charge on any atom is -0.179 e. The van der Waals surface area contributed by atoms with E-state index in [1.54, 1.807) is 0 Å². The molecule has 190 valence electrons. The first kappa shape index (κ1) is 30.1. The molecule has 2 rings (SSSR count). The standard InChI is InChI=1S/C30H46S4/c31-23-13-3-1-11-21-29(34)30(22-12-2-4-14-24-32,27-18-9-6-10-19-27)28(20-15-25-33)26-16-7-5-8-17-26/h5-10,16-19,28-29,31-34H,1-4,11-15,20-25H2. The molecule has 0 aliphatic heterocycles. The third-order valence-electron chi connectivity index (χ3n) is 7.26. The topological polar surface area (TPSA) is 0 Å². The molecule has 4 heteroatoms. The molecule has 2 aromatic carbocycles. The zero-order valence-electron chi connectivity index (χ0n) is 20.8. The van der Waals surface area contributed by atoms with Crippen molar-refractivity contribution in [2.75, 3.05) is 17.3 Å². The second-order valence-electron chi connectivity index (χ2n) is 9.57. The molecule has 34 heavy (non-hydrogen) atoms. The van der Waals surface area contributed by atoms with Gasteiger partial charge in [-0.25, -0.2) is 0 Å². The van der Waals surface area contributed by atoms with Crippen molar-refractivity contribution in [3.63, 3.8) is 0 Å². The van der Waals surface area contributed by atoms with Gasteiger partial charge in [0.2, 0.25) is 0 Å². The summed E-state index contributed by atoms with van der Waals surface area (Å²) in [6, 6.07) is 22.6. The summed E-state index contributed by atoms with van der Waals surface area (Å²) in [5, 5.41) is 0.320. The van der Waals surface area contributed by atoms with Crippen LogP contribution in [0.25, 0.3) is 0 Å². The van der Waals surface area contributed by atoms with Gasteiger partial charge in [-0.15, -0.1) is 0 Å². The van der Waals surface area contributed by atoms with E-state index in [1.165, 1.54) is 68.9 Å². The summed E-state index contributed by atoms with van der Waals surface area (Å²) in [6.07, 6.45) is 14.6. The van der Waals surface area contributed by atoms with Gasteiger partial charge >= 0.3 is 0 Å². The summed E-state index contributed by atoms with van der Waals surface area (Å²) in [4.78, 5) is 0. The van der Waals surface area contributed by atoms with E-state index in [4.69, 9.17) is 12.6 Å².